The highest BCUT2D eigenvalue weighted by molar-refractivity contribution is 5.97. The molecule has 1 aromatic rings. The Balaban J connectivity index is 2.32. The van der Waals surface area contributed by atoms with Crippen LogP contribution >= 0.6 is 0 Å². The van der Waals surface area contributed by atoms with Crippen LogP contribution in [0.1, 0.15) is 47.5 Å². The largest absolute Gasteiger partial charge is 0.466 e. The molecule has 2 rings (SSSR count). The average Bonchev–Trinajstić information content (AvgIpc) is 2.70. The van der Waals surface area contributed by atoms with Gasteiger partial charge in [-0.2, -0.15) is 0 Å². The fourth-order valence-electron chi connectivity index (χ4n) is 4.00. The number of rotatable bonds is 9. The minimum absolute atomic E-state index is 0.00269. The maximum absolute atomic E-state index is 13.3. The molecule has 0 aliphatic carbocycles. The zero-order chi connectivity index (χ0) is 24.0. The Hall–Kier alpha value is -2.62. The molecule has 10 nitrogen and oxygen atoms in total. The molecule has 1 aliphatic rings. The Morgan fingerprint density at radius 1 is 1.22 bits per heavy atom. The van der Waals surface area contributed by atoms with Crippen LogP contribution in [0.2, 0.25) is 0 Å². The van der Waals surface area contributed by atoms with Gasteiger partial charge in [-0.1, -0.05) is 27.7 Å². The number of likely N-dealkylation sites (tertiary alicyclic amines) is 1. The summed E-state index contributed by atoms with van der Waals surface area (Å²) in [6, 6.07) is 0. The summed E-state index contributed by atoms with van der Waals surface area (Å²) in [5, 5.41) is 0. The van der Waals surface area contributed by atoms with Crippen LogP contribution in [0.4, 0.5) is 11.5 Å². The highest BCUT2D eigenvalue weighted by Crippen LogP contribution is 2.22. The monoisotopic (exact) mass is 451 g/mol. The SMILES string of the molecule is CCOC(=O)C1CCCN(CC(=O)N(CC(C)C)c2c(N)n(CC(C)C)c(=O)[nH]c2=O)C1. The molecule has 0 aromatic carbocycles. The number of amides is 1. The summed E-state index contributed by atoms with van der Waals surface area (Å²) < 4.78 is 6.44. The van der Waals surface area contributed by atoms with E-state index in [0.717, 1.165) is 12.8 Å². The molecule has 0 saturated carbocycles. The number of esters is 1. The van der Waals surface area contributed by atoms with Crippen LogP contribution in [0, 0.1) is 17.8 Å². The summed E-state index contributed by atoms with van der Waals surface area (Å²) in [5.74, 6) is -0.630. The zero-order valence-corrected chi connectivity index (χ0v) is 19.8. The van der Waals surface area contributed by atoms with Gasteiger partial charge in [0.15, 0.2) is 5.69 Å². The molecule has 0 spiro atoms. The van der Waals surface area contributed by atoms with Gasteiger partial charge < -0.3 is 15.4 Å². The van der Waals surface area contributed by atoms with E-state index < -0.39 is 11.2 Å². The lowest BCUT2D eigenvalue weighted by Crippen LogP contribution is -2.49. The molecule has 2 heterocycles. The molecule has 1 unspecified atom stereocenters. The number of nitrogens with one attached hydrogen (secondary N) is 1. The van der Waals surface area contributed by atoms with Gasteiger partial charge in [-0.15, -0.1) is 0 Å². The average molecular weight is 452 g/mol. The van der Waals surface area contributed by atoms with Crippen molar-refractivity contribution in [2.75, 3.05) is 43.4 Å². The van der Waals surface area contributed by atoms with Gasteiger partial charge in [0.05, 0.1) is 19.1 Å². The second-order valence-corrected chi connectivity index (χ2v) is 9.22. The molecule has 32 heavy (non-hydrogen) atoms. The molecule has 1 atom stereocenters. The lowest BCUT2D eigenvalue weighted by molar-refractivity contribution is -0.150. The van der Waals surface area contributed by atoms with Crippen LogP contribution < -0.4 is 21.9 Å². The molecule has 1 aliphatic heterocycles. The number of aromatic amines is 1. The van der Waals surface area contributed by atoms with Crippen LogP contribution in [-0.4, -0.2) is 59.1 Å². The Morgan fingerprint density at radius 3 is 2.50 bits per heavy atom. The summed E-state index contributed by atoms with van der Waals surface area (Å²) in [4.78, 5) is 56.1. The second kappa shape index (κ2) is 11.3. The van der Waals surface area contributed by atoms with Crippen molar-refractivity contribution < 1.29 is 14.3 Å². The van der Waals surface area contributed by atoms with Crippen LogP contribution in [-0.2, 0) is 20.9 Å². The summed E-state index contributed by atoms with van der Waals surface area (Å²) in [5.41, 5.74) is 4.99. The molecule has 3 N–H and O–H groups in total. The van der Waals surface area contributed by atoms with Gasteiger partial charge in [0.2, 0.25) is 5.91 Å². The molecular weight excluding hydrogens is 414 g/mol. The molecule has 1 saturated heterocycles. The number of hydrogen-bond acceptors (Lipinski definition) is 7. The van der Waals surface area contributed by atoms with Crippen molar-refractivity contribution in [3.05, 3.63) is 20.8 Å². The van der Waals surface area contributed by atoms with E-state index >= 15 is 0 Å². The summed E-state index contributed by atoms with van der Waals surface area (Å²) in [6.07, 6.45) is 1.51. The minimum Gasteiger partial charge on any atom is -0.466 e. The van der Waals surface area contributed by atoms with Gasteiger partial charge in [-0.25, -0.2) is 4.79 Å². The van der Waals surface area contributed by atoms with Gasteiger partial charge in [-0.05, 0) is 38.1 Å². The van der Waals surface area contributed by atoms with E-state index in [4.69, 9.17) is 10.5 Å². The van der Waals surface area contributed by atoms with Crippen molar-refractivity contribution in [2.24, 2.45) is 17.8 Å². The Labute approximate surface area is 188 Å². The fraction of sp³-hybridized carbons (Fsp3) is 0.727. The lowest BCUT2D eigenvalue weighted by atomic mass is 9.98. The molecule has 1 amide bonds. The van der Waals surface area contributed by atoms with Crippen molar-refractivity contribution in [1.29, 1.82) is 0 Å². The number of nitrogens with two attached hydrogens (primary N) is 1. The van der Waals surface area contributed by atoms with E-state index in [1.165, 1.54) is 9.47 Å². The topological polar surface area (TPSA) is 131 Å². The quantitative estimate of drug-likeness (QED) is 0.536. The van der Waals surface area contributed by atoms with Gasteiger partial charge in [0.1, 0.15) is 5.82 Å². The number of nitrogens with zero attached hydrogens (tertiary/aromatic N) is 3. The summed E-state index contributed by atoms with van der Waals surface area (Å²) in [6.45, 7) is 11.6. The molecule has 0 bridgehead atoms. The maximum Gasteiger partial charge on any atom is 0.330 e. The first-order chi connectivity index (χ1) is 15.0. The Morgan fingerprint density at radius 2 is 1.91 bits per heavy atom. The van der Waals surface area contributed by atoms with E-state index in [9.17, 15) is 19.2 Å². The van der Waals surface area contributed by atoms with Crippen molar-refractivity contribution >= 4 is 23.4 Å². The molecule has 10 heteroatoms. The number of ether oxygens (including phenoxy) is 1. The van der Waals surface area contributed by atoms with Crippen molar-refractivity contribution in [1.82, 2.24) is 14.5 Å². The number of carbonyl (C=O) groups excluding carboxylic acids is 2. The summed E-state index contributed by atoms with van der Waals surface area (Å²) in [7, 11) is 0. The van der Waals surface area contributed by atoms with E-state index in [1.807, 2.05) is 32.6 Å². The first-order valence-electron chi connectivity index (χ1n) is 11.4. The fourth-order valence-corrected chi connectivity index (χ4v) is 4.00. The number of nitrogen functional groups attached to an aromatic ring is 1. The van der Waals surface area contributed by atoms with Crippen molar-refractivity contribution in [2.45, 2.75) is 54.0 Å². The maximum atomic E-state index is 13.3. The van der Waals surface area contributed by atoms with Gasteiger partial charge >= 0.3 is 11.7 Å². The Bertz CT molecular complexity index is 920. The third kappa shape index (κ3) is 6.44. The Kier molecular flexibility index (Phi) is 9.06. The van der Waals surface area contributed by atoms with Crippen LogP contribution in [0.5, 0.6) is 0 Å². The van der Waals surface area contributed by atoms with Gasteiger partial charge in [0, 0.05) is 19.6 Å². The third-order valence-corrected chi connectivity index (χ3v) is 5.36. The normalized spacial score (nSPS) is 17.0. The number of anilines is 2. The lowest BCUT2D eigenvalue weighted by Gasteiger charge is -2.33. The van der Waals surface area contributed by atoms with E-state index in [-0.39, 0.29) is 54.2 Å². The standard InChI is InChI=1S/C22H37N5O5/c1-6-32-21(30)16-8-7-9-25(12-16)13-17(28)26(10-14(2)3)18-19(23)27(11-15(4)5)22(31)24-20(18)29/h14-16H,6-13,23H2,1-5H3,(H,24,29,31). The number of hydrogen-bond donors (Lipinski definition) is 2. The first kappa shape index (κ1) is 25.6. The molecule has 0 radical (unpaired) electrons. The predicted octanol–water partition coefficient (Wildman–Crippen LogP) is 1.04. The van der Waals surface area contributed by atoms with Crippen molar-refractivity contribution in [3.63, 3.8) is 0 Å². The van der Waals surface area contributed by atoms with Gasteiger partial charge in [-0.3, -0.25) is 28.8 Å². The smallest absolute Gasteiger partial charge is 0.330 e. The van der Waals surface area contributed by atoms with Crippen LogP contribution in [0.3, 0.4) is 0 Å². The third-order valence-electron chi connectivity index (χ3n) is 5.36. The predicted molar refractivity (Wildman–Crippen MR) is 124 cm³/mol. The van der Waals surface area contributed by atoms with E-state index in [1.54, 1.807) is 6.92 Å². The van der Waals surface area contributed by atoms with Crippen molar-refractivity contribution in [3.8, 4) is 0 Å². The zero-order valence-electron chi connectivity index (χ0n) is 19.8. The highest BCUT2D eigenvalue weighted by Gasteiger charge is 2.31. The van der Waals surface area contributed by atoms with Crippen LogP contribution in [0.15, 0.2) is 9.59 Å². The van der Waals surface area contributed by atoms with Gasteiger partial charge in [0.25, 0.3) is 5.56 Å². The minimum atomic E-state index is -0.676. The highest BCUT2D eigenvalue weighted by atomic mass is 16.5. The second-order valence-electron chi connectivity index (χ2n) is 9.22. The van der Waals surface area contributed by atoms with E-state index in [0.29, 0.717) is 26.2 Å². The molecule has 1 fully saturated rings. The summed E-state index contributed by atoms with van der Waals surface area (Å²) >= 11 is 0. The molecule has 1 aromatic heterocycles. The number of H-pyrrole nitrogens is 1. The number of aromatic nitrogens is 2. The van der Waals surface area contributed by atoms with E-state index in [2.05, 4.69) is 4.98 Å². The number of piperidine rings is 1. The van der Waals surface area contributed by atoms with Crippen LogP contribution in [0.25, 0.3) is 0 Å². The number of carbonyl (C=O) groups is 2. The molecular formula is C22H37N5O5. The molecule has 180 valence electrons. The first-order valence-corrected chi connectivity index (χ1v) is 11.4.